The van der Waals surface area contributed by atoms with Gasteiger partial charge in [-0.2, -0.15) is 0 Å². The van der Waals surface area contributed by atoms with Crippen molar-refractivity contribution in [3.05, 3.63) is 59.3 Å². The Morgan fingerprint density at radius 3 is 2.64 bits per heavy atom. The van der Waals surface area contributed by atoms with Crippen LogP contribution in [0.25, 0.3) is 0 Å². The molecule has 1 aromatic carbocycles. The smallest absolute Gasteiger partial charge is 0.287 e. The maximum Gasteiger partial charge on any atom is 0.287 e. The molecule has 0 aliphatic heterocycles. The molecular formula is C21H27FN4O2. The number of hydrogen-bond donors (Lipinski definition) is 3. The van der Waals surface area contributed by atoms with Crippen LogP contribution in [-0.2, 0) is 5.41 Å². The van der Waals surface area contributed by atoms with E-state index < -0.39 is 0 Å². The van der Waals surface area contributed by atoms with E-state index in [4.69, 9.17) is 4.42 Å². The summed E-state index contributed by atoms with van der Waals surface area (Å²) < 4.78 is 18.7. The van der Waals surface area contributed by atoms with E-state index >= 15 is 0 Å². The molecular weight excluding hydrogens is 359 g/mol. The van der Waals surface area contributed by atoms with E-state index in [0.29, 0.717) is 31.4 Å². The minimum absolute atomic E-state index is 0.00536. The van der Waals surface area contributed by atoms with E-state index in [1.54, 1.807) is 25.2 Å². The van der Waals surface area contributed by atoms with Crippen molar-refractivity contribution in [2.45, 2.75) is 31.6 Å². The van der Waals surface area contributed by atoms with Crippen molar-refractivity contribution in [1.29, 1.82) is 0 Å². The van der Waals surface area contributed by atoms with Gasteiger partial charge in [-0.05, 0) is 49.9 Å². The number of furan rings is 1. The Bertz CT molecular complexity index is 842. The summed E-state index contributed by atoms with van der Waals surface area (Å²) in [4.78, 5) is 16.2. The molecule has 2 aromatic rings. The lowest BCUT2D eigenvalue weighted by molar-refractivity contribution is 0.0925. The summed E-state index contributed by atoms with van der Waals surface area (Å²) in [5.41, 5.74) is 1.85. The second kappa shape index (κ2) is 8.91. The predicted octanol–water partition coefficient (Wildman–Crippen LogP) is 2.74. The van der Waals surface area contributed by atoms with E-state index in [1.165, 1.54) is 12.3 Å². The van der Waals surface area contributed by atoms with Crippen LogP contribution in [0.2, 0.25) is 0 Å². The molecule has 1 aromatic heterocycles. The van der Waals surface area contributed by atoms with Gasteiger partial charge in [0.05, 0.1) is 6.26 Å². The molecule has 0 bridgehead atoms. The van der Waals surface area contributed by atoms with E-state index in [1.807, 2.05) is 13.0 Å². The number of carbonyl (C=O) groups excluding carboxylic acids is 1. The van der Waals surface area contributed by atoms with Gasteiger partial charge < -0.3 is 20.4 Å². The number of benzene rings is 1. The Hall–Kier alpha value is -2.83. The van der Waals surface area contributed by atoms with Crippen LogP contribution in [0, 0.1) is 12.7 Å². The normalized spacial score (nSPS) is 15.2. The molecule has 28 heavy (non-hydrogen) atoms. The zero-order valence-corrected chi connectivity index (χ0v) is 16.3. The first-order chi connectivity index (χ1) is 13.5. The Morgan fingerprint density at radius 1 is 1.21 bits per heavy atom. The topological polar surface area (TPSA) is 78.7 Å². The van der Waals surface area contributed by atoms with Crippen LogP contribution in [0.15, 0.2) is 46.0 Å². The fourth-order valence-electron chi connectivity index (χ4n) is 3.19. The summed E-state index contributed by atoms with van der Waals surface area (Å²) in [6, 6.07) is 8.60. The van der Waals surface area contributed by atoms with Gasteiger partial charge in [0.15, 0.2) is 11.7 Å². The highest BCUT2D eigenvalue weighted by Gasteiger charge is 2.44. The second-order valence-corrected chi connectivity index (χ2v) is 7.19. The molecule has 7 heteroatoms. The summed E-state index contributed by atoms with van der Waals surface area (Å²) in [6.07, 6.45) is 4.34. The molecule has 6 nitrogen and oxygen atoms in total. The Morgan fingerprint density at radius 2 is 2.00 bits per heavy atom. The number of nitrogens with one attached hydrogen (secondary N) is 3. The van der Waals surface area contributed by atoms with E-state index in [9.17, 15) is 9.18 Å². The Balaban J connectivity index is 1.37. The third-order valence-electron chi connectivity index (χ3n) is 5.11. The summed E-state index contributed by atoms with van der Waals surface area (Å²) in [6.45, 7) is 3.76. The lowest BCUT2D eigenvalue weighted by Gasteiger charge is -2.19. The van der Waals surface area contributed by atoms with E-state index in [2.05, 4.69) is 20.9 Å². The van der Waals surface area contributed by atoms with Crippen molar-refractivity contribution >= 4 is 11.9 Å². The number of nitrogens with zero attached hydrogens (tertiary/aromatic N) is 1. The number of guanidine groups is 1. The lowest BCUT2D eigenvalue weighted by Crippen LogP contribution is -2.42. The molecule has 1 saturated carbocycles. The van der Waals surface area contributed by atoms with Gasteiger partial charge in [-0.25, -0.2) is 4.39 Å². The lowest BCUT2D eigenvalue weighted by atomic mass is 9.96. The van der Waals surface area contributed by atoms with Crippen LogP contribution in [0.5, 0.6) is 0 Å². The fourth-order valence-corrected chi connectivity index (χ4v) is 3.19. The number of aryl methyl sites for hydroxylation is 1. The maximum absolute atomic E-state index is 13.5. The molecule has 1 aliphatic rings. The van der Waals surface area contributed by atoms with Crippen molar-refractivity contribution in [2.75, 3.05) is 26.7 Å². The number of hydrogen-bond acceptors (Lipinski definition) is 3. The SMILES string of the molecule is CN=C(NCCCNC(=O)c1occc1C)NCC1(c2cccc(F)c2)CC1. The molecule has 1 heterocycles. The average molecular weight is 386 g/mol. The highest BCUT2D eigenvalue weighted by molar-refractivity contribution is 5.92. The van der Waals surface area contributed by atoms with Crippen LogP contribution in [0.4, 0.5) is 4.39 Å². The quantitative estimate of drug-likeness (QED) is 0.370. The maximum atomic E-state index is 13.5. The monoisotopic (exact) mass is 386 g/mol. The van der Waals surface area contributed by atoms with Gasteiger partial charge in [-0.1, -0.05) is 12.1 Å². The first-order valence-electron chi connectivity index (χ1n) is 9.57. The van der Waals surface area contributed by atoms with Crippen LogP contribution in [-0.4, -0.2) is 38.5 Å². The van der Waals surface area contributed by atoms with Gasteiger partial charge in [0.1, 0.15) is 5.82 Å². The zero-order chi connectivity index (χ0) is 20.0. The molecule has 1 aliphatic carbocycles. The van der Waals surface area contributed by atoms with E-state index in [0.717, 1.165) is 30.4 Å². The molecule has 1 amide bonds. The standard InChI is InChI=1S/C21H27FN4O2/c1-15-7-12-28-18(15)19(27)24-10-4-11-25-20(23-2)26-14-21(8-9-21)16-5-3-6-17(22)13-16/h3,5-7,12-13H,4,8-11,14H2,1-2H3,(H,24,27)(H2,23,25,26). The average Bonchev–Trinajstić information content (AvgIpc) is 3.36. The van der Waals surface area contributed by atoms with Gasteiger partial charge in [-0.3, -0.25) is 9.79 Å². The number of halogens is 1. The van der Waals surface area contributed by atoms with E-state index in [-0.39, 0.29) is 17.1 Å². The number of carbonyl (C=O) groups is 1. The third-order valence-corrected chi connectivity index (χ3v) is 5.11. The Kier molecular flexibility index (Phi) is 6.34. The molecule has 0 saturated heterocycles. The minimum Gasteiger partial charge on any atom is -0.459 e. The molecule has 150 valence electrons. The van der Waals surface area contributed by atoms with Crippen molar-refractivity contribution < 1.29 is 13.6 Å². The number of rotatable bonds is 8. The van der Waals surface area contributed by atoms with Crippen LogP contribution < -0.4 is 16.0 Å². The summed E-state index contributed by atoms with van der Waals surface area (Å²) in [5.74, 6) is 0.669. The van der Waals surface area contributed by atoms with Crippen LogP contribution in [0.1, 0.15) is 40.9 Å². The summed E-state index contributed by atoms with van der Waals surface area (Å²) in [7, 11) is 1.72. The van der Waals surface area contributed by atoms with Crippen LogP contribution in [0.3, 0.4) is 0 Å². The molecule has 3 N–H and O–H groups in total. The summed E-state index contributed by atoms with van der Waals surface area (Å²) >= 11 is 0. The first-order valence-corrected chi connectivity index (χ1v) is 9.57. The van der Waals surface area contributed by atoms with Crippen molar-refractivity contribution in [3.63, 3.8) is 0 Å². The number of amides is 1. The summed E-state index contributed by atoms with van der Waals surface area (Å²) in [5, 5.41) is 9.42. The number of aliphatic imine (C=N–C) groups is 1. The van der Waals surface area contributed by atoms with Crippen LogP contribution >= 0.6 is 0 Å². The molecule has 0 spiro atoms. The minimum atomic E-state index is -0.198. The largest absolute Gasteiger partial charge is 0.459 e. The van der Waals surface area contributed by atoms with Gasteiger partial charge in [0, 0.05) is 37.7 Å². The highest BCUT2D eigenvalue weighted by Crippen LogP contribution is 2.47. The van der Waals surface area contributed by atoms with Gasteiger partial charge >= 0.3 is 0 Å². The van der Waals surface area contributed by atoms with Gasteiger partial charge in [0.2, 0.25) is 0 Å². The molecule has 0 atom stereocenters. The van der Waals surface area contributed by atoms with Gasteiger partial charge in [0.25, 0.3) is 5.91 Å². The van der Waals surface area contributed by atoms with Gasteiger partial charge in [-0.15, -0.1) is 0 Å². The highest BCUT2D eigenvalue weighted by atomic mass is 19.1. The van der Waals surface area contributed by atoms with Crippen molar-refractivity contribution in [3.8, 4) is 0 Å². The molecule has 1 fully saturated rings. The van der Waals surface area contributed by atoms with Crippen molar-refractivity contribution in [1.82, 2.24) is 16.0 Å². The second-order valence-electron chi connectivity index (χ2n) is 7.19. The zero-order valence-electron chi connectivity index (χ0n) is 16.3. The molecule has 0 radical (unpaired) electrons. The third kappa shape index (κ3) is 4.91. The predicted molar refractivity (Wildman–Crippen MR) is 107 cm³/mol. The molecule has 3 rings (SSSR count). The molecule has 0 unspecified atom stereocenters. The van der Waals surface area contributed by atoms with Crippen molar-refractivity contribution in [2.24, 2.45) is 4.99 Å². The Labute approximate surface area is 164 Å². The first kappa shape index (κ1) is 19.9. The fraction of sp³-hybridized carbons (Fsp3) is 0.429.